The molecule has 0 amide bonds. The predicted molar refractivity (Wildman–Crippen MR) is 64.2 cm³/mol. The molecule has 0 aliphatic carbocycles. The summed E-state index contributed by atoms with van der Waals surface area (Å²) < 4.78 is 4.67. The Morgan fingerprint density at radius 2 is 1.94 bits per heavy atom. The first-order chi connectivity index (χ1) is 7.63. The van der Waals surface area contributed by atoms with Crippen LogP contribution in [0.25, 0.3) is 0 Å². The highest BCUT2D eigenvalue weighted by molar-refractivity contribution is 8.14. The van der Waals surface area contributed by atoms with Crippen LogP contribution in [0.4, 0.5) is 0 Å². The minimum Gasteiger partial charge on any atom is -0.468 e. The van der Waals surface area contributed by atoms with Gasteiger partial charge in [0, 0.05) is 6.92 Å². The highest BCUT2D eigenvalue weighted by atomic mass is 32.2. The standard InChI is InChI=1S/C12H14O3S/c1-9(13)16-11(12(14)15-2)8-10-6-4-3-5-7-10/h3-7,11H,8H2,1-2H3. The highest BCUT2D eigenvalue weighted by Crippen LogP contribution is 2.18. The lowest BCUT2D eigenvalue weighted by Gasteiger charge is -2.12. The van der Waals surface area contributed by atoms with Crippen molar-refractivity contribution in [1.29, 1.82) is 0 Å². The third-order valence-electron chi connectivity index (χ3n) is 2.04. The number of esters is 1. The predicted octanol–water partition coefficient (Wildman–Crippen LogP) is 2.05. The van der Waals surface area contributed by atoms with Crippen molar-refractivity contribution in [1.82, 2.24) is 0 Å². The molecular formula is C12H14O3S. The summed E-state index contributed by atoms with van der Waals surface area (Å²) in [4.78, 5) is 22.5. The van der Waals surface area contributed by atoms with Crippen molar-refractivity contribution in [2.24, 2.45) is 0 Å². The van der Waals surface area contributed by atoms with Crippen LogP contribution in [-0.4, -0.2) is 23.4 Å². The summed E-state index contributed by atoms with van der Waals surface area (Å²) in [5, 5.41) is -0.531. The Morgan fingerprint density at radius 1 is 1.31 bits per heavy atom. The molecule has 1 aromatic carbocycles. The molecule has 0 N–H and O–H groups in total. The van der Waals surface area contributed by atoms with Crippen molar-refractivity contribution in [2.75, 3.05) is 7.11 Å². The van der Waals surface area contributed by atoms with Crippen LogP contribution in [0.1, 0.15) is 12.5 Å². The van der Waals surface area contributed by atoms with Crippen LogP contribution in [0, 0.1) is 0 Å². The monoisotopic (exact) mass is 238 g/mol. The van der Waals surface area contributed by atoms with Crippen LogP contribution in [0.3, 0.4) is 0 Å². The average Bonchev–Trinajstić information content (AvgIpc) is 2.28. The van der Waals surface area contributed by atoms with E-state index in [0.717, 1.165) is 17.3 Å². The van der Waals surface area contributed by atoms with Crippen LogP contribution in [0.2, 0.25) is 0 Å². The summed E-state index contributed by atoms with van der Waals surface area (Å²) in [6, 6.07) is 9.58. The van der Waals surface area contributed by atoms with Gasteiger partial charge < -0.3 is 4.74 Å². The lowest BCUT2D eigenvalue weighted by atomic mass is 10.1. The third kappa shape index (κ3) is 4.06. The number of rotatable bonds is 4. The molecule has 0 radical (unpaired) electrons. The number of thioether (sulfide) groups is 1. The second-order valence-corrected chi connectivity index (χ2v) is 4.69. The average molecular weight is 238 g/mol. The van der Waals surface area contributed by atoms with Gasteiger partial charge in [0.05, 0.1) is 7.11 Å². The van der Waals surface area contributed by atoms with Gasteiger partial charge in [0.1, 0.15) is 5.25 Å². The quantitative estimate of drug-likeness (QED) is 0.753. The van der Waals surface area contributed by atoms with E-state index in [1.165, 1.54) is 14.0 Å². The largest absolute Gasteiger partial charge is 0.468 e. The van der Waals surface area contributed by atoms with Gasteiger partial charge in [-0.15, -0.1) is 0 Å². The summed E-state index contributed by atoms with van der Waals surface area (Å²) in [6.07, 6.45) is 0.512. The molecule has 0 fully saturated rings. The minimum absolute atomic E-state index is 0.0775. The van der Waals surface area contributed by atoms with Gasteiger partial charge in [-0.2, -0.15) is 0 Å². The van der Waals surface area contributed by atoms with Gasteiger partial charge in [-0.3, -0.25) is 9.59 Å². The van der Waals surface area contributed by atoms with Crippen molar-refractivity contribution in [2.45, 2.75) is 18.6 Å². The van der Waals surface area contributed by atoms with E-state index in [0.29, 0.717) is 6.42 Å². The Labute approximate surface area is 99.2 Å². The number of hydrogen-bond donors (Lipinski definition) is 0. The van der Waals surface area contributed by atoms with Gasteiger partial charge in [0.25, 0.3) is 0 Å². The lowest BCUT2D eigenvalue weighted by Crippen LogP contribution is -2.22. The molecule has 0 heterocycles. The molecule has 1 unspecified atom stereocenters. The number of carbonyl (C=O) groups excluding carboxylic acids is 2. The summed E-state index contributed by atoms with van der Waals surface area (Å²) in [5.41, 5.74) is 1.02. The van der Waals surface area contributed by atoms with Gasteiger partial charge in [0.15, 0.2) is 5.12 Å². The summed E-state index contributed by atoms with van der Waals surface area (Å²) >= 11 is 1.01. The molecule has 3 nitrogen and oxygen atoms in total. The Morgan fingerprint density at radius 3 is 2.44 bits per heavy atom. The van der Waals surface area contributed by atoms with Crippen molar-refractivity contribution in [3.05, 3.63) is 35.9 Å². The number of benzene rings is 1. The molecule has 0 aliphatic heterocycles. The molecule has 1 aromatic rings. The number of methoxy groups -OCH3 is 1. The Balaban J connectivity index is 2.70. The number of hydrogen-bond acceptors (Lipinski definition) is 4. The summed E-state index contributed by atoms with van der Waals surface area (Å²) in [7, 11) is 1.33. The molecule has 0 spiro atoms. The first-order valence-electron chi connectivity index (χ1n) is 4.92. The van der Waals surface area contributed by atoms with E-state index < -0.39 is 5.25 Å². The van der Waals surface area contributed by atoms with Crippen LogP contribution >= 0.6 is 11.8 Å². The van der Waals surface area contributed by atoms with Crippen molar-refractivity contribution in [3.63, 3.8) is 0 Å². The molecule has 86 valence electrons. The van der Waals surface area contributed by atoms with E-state index in [2.05, 4.69) is 4.74 Å². The Kier molecular flexibility index (Phi) is 5.05. The second-order valence-electron chi connectivity index (χ2n) is 3.31. The van der Waals surface area contributed by atoms with Gasteiger partial charge in [-0.1, -0.05) is 42.1 Å². The summed E-state index contributed by atoms with van der Waals surface area (Å²) in [5.74, 6) is -0.357. The van der Waals surface area contributed by atoms with Gasteiger partial charge in [0.2, 0.25) is 0 Å². The fourth-order valence-corrected chi connectivity index (χ4v) is 2.20. The molecule has 1 atom stereocenters. The fourth-order valence-electron chi connectivity index (χ4n) is 1.33. The van der Waals surface area contributed by atoms with Crippen molar-refractivity contribution >= 4 is 22.8 Å². The molecule has 1 rings (SSSR count). The SMILES string of the molecule is COC(=O)C(Cc1ccccc1)SC(C)=O. The Bertz CT molecular complexity index is 362. The van der Waals surface area contributed by atoms with E-state index >= 15 is 0 Å². The van der Waals surface area contributed by atoms with E-state index in [1.807, 2.05) is 30.3 Å². The van der Waals surface area contributed by atoms with Crippen LogP contribution in [0.5, 0.6) is 0 Å². The lowest BCUT2D eigenvalue weighted by molar-refractivity contribution is -0.140. The molecule has 16 heavy (non-hydrogen) atoms. The van der Waals surface area contributed by atoms with Gasteiger partial charge in [-0.25, -0.2) is 0 Å². The topological polar surface area (TPSA) is 43.4 Å². The normalized spacial score (nSPS) is 11.9. The summed E-state index contributed by atoms with van der Waals surface area (Å²) in [6.45, 7) is 1.45. The zero-order valence-corrected chi connectivity index (χ0v) is 10.1. The molecule has 4 heteroatoms. The molecule has 0 aliphatic rings. The third-order valence-corrected chi connectivity index (χ3v) is 3.01. The van der Waals surface area contributed by atoms with Gasteiger partial charge in [-0.05, 0) is 12.0 Å². The minimum atomic E-state index is -0.454. The molecule has 0 saturated heterocycles. The van der Waals surface area contributed by atoms with E-state index in [-0.39, 0.29) is 11.1 Å². The maximum Gasteiger partial charge on any atom is 0.319 e. The van der Waals surface area contributed by atoms with Crippen molar-refractivity contribution in [3.8, 4) is 0 Å². The maximum absolute atomic E-state index is 11.5. The van der Waals surface area contributed by atoms with E-state index in [1.54, 1.807) is 0 Å². The number of ether oxygens (including phenoxy) is 1. The zero-order chi connectivity index (χ0) is 12.0. The smallest absolute Gasteiger partial charge is 0.319 e. The zero-order valence-electron chi connectivity index (χ0n) is 9.30. The number of carbonyl (C=O) groups is 2. The fraction of sp³-hybridized carbons (Fsp3) is 0.333. The maximum atomic E-state index is 11.5. The molecular weight excluding hydrogens is 224 g/mol. The second kappa shape index (κ2) is 6.33. The highest BCUT2D eigenvalue weighted by Gasteiger charge is 2.22. The first-order valence-corrected chi connectivity index (χ1v) is 5.80. The van der Waals surface area contributed by atoms with Gasteiger partial charge >= 0.3 is 5.97 Å². The van der Waals surface area contributed by atoms with Crippen LogP contribution in [0.15, 0.2) is 30.3 Å². The Hall–Kier alpha value is -1.29. The van der Waals surface area contributed by atoms with Crippen molar-refractivity contribution < 1.29 is 14.3 Å². The van der Waals surface area contributed by atoms with E-state index in [9.17, 15) is 9.59 Å². The molecule has 0 bridgehead atoms. The molecule has 0 saturated carbocycles. The van der Waals surface area contributed by atoms with Crippen LogP contribution < -0.4 is 0 Å². The van der Waals surface area contributed by atoms with E-state index in [4.69, 9.17) is 0 Å². The van der Waals surface area contributed by atoms with Crippen LogP contribution in [-0.2, 0) is 20.7 Å². The molecule has 0 aromatic heterocycles. The first kappa shape index (κ1) is 12.8.